The number of hydroxylamine groups is 1. The topological polar surface area (TPSA) is 94.7 Å². The molecule has 3 rings (SSSR count). The second-order valence-corrected chi connectivity index (χ2v) is 7.39. The molecule has 2 aromatic rings. The van der Waals surface area contributed by atoms with E-state index in [1.165, 1.54) is 10.9 Å². The molecule has 7 heteroatoms. The number of aromatic nitrogens is 1. The summed E-state index contributed by atoms with van der Waals surface area (Å²) in [7, 11) is 1.67. The number of nitrogens with zero attached hydrogens (tertiary/aromatic N) is 1. The van der Waals surface area contributed by atoms with Crippen molar-refractivity contribution in [3.8, 4) is 5.75 Å². The molecule has 0 unspecified atom stereocenters. The van der Waals surface area contributed by atoms with Crippen LogP contribution in [0, 0.1) is 0 Å². The van der Waals surface area contributed by atoms with Crippen molar-refractivity contribution in [2.75, 3.05) is 13.7 Å². The number of aromatic amines is 1. The average molecular weight is 387 g/mol. The van der Waals surface area contributed by atoms with E-state index in [0.29, 0.717) is 12.8 Å². The van der Waals surface area contributed by atoms with Gasteiger partial charge in [0.05, 0.1) is 13.2 Å². The third-order valence-corrected chi connectivity index (χ3v) is 5.62. The predicted molar refractivity (Wildman–Crippen MR) is 106 cm³/mol. The van der Waals surface area contributed by atoms with E-state index in [2.05, 4.69) is 18.0 Å². The smallest absolute Gasteiger partial charge is 0.243 e. The summed E-state index contributed by atoms with van der Waals surface area (Å²) in [5.41, 5.74) is 5.13. The number of ether oxygens (including phenoxy) is 1. The number of carbonyl (C=O) groups excluding carboxylic acids is 2. The molecule has 0 radical (unpaired) electrons. The van der Waals surface area contributed by atoms with Crippen LogP contribution in [-0.4, -0.2) is 40.6 Å². The summed E-state index contributed by atoms with van der Waals surface area (Å²) in [5, 5.41) is 9.64. The van der Waals surface area contributed by atoms with Crippen LogP contribution < -0.4 is 10.2 Å². The summed E-state index contributed by atoms with van der Waals surface area (Å²) in [6, 6.07) is 6.07. The number of fused-ring (bicyclic) bond motifs is 3. The van der Waals surface area contributed by atoms with E-state index in [4.69, 9.17) is 9.94 Å². The molecule has 0 aliphatic carbocycles. The van der Waals surface area contributed by atoms with Crippen molar-refractivity contribution in [2.24, 2.45) is 0 Å². The average Bonchev–Trinajstić information content (AvgIpc) is 3.09. The van der Waals surface area contributed by atoms with Crippen LogP contribution in [-0.2, 0) is 16.0 Å². The minimum absolute atomic E-state index is 0.0305. The Morgan fingerprint density at radius 2 is 2.00 bits per heavy atom. The van der Waals surface area contributed by atoms with Crippen LogP contribution in [0.15, 0.2) is 18.2 Å². The van der Waals surface area contributed by atoms with Gasteiger partial charge in [-0.15, -0.1) is 0 Å². The number of amides is 2. The van der Waals surface area contributed by atoms with Gasteiger partial charge in [-0.2, -0.15) is 0 Å². The van der Waals surface area contributed by atoms with Crippen LogP contribution in [0.2, 0.25) is 0 Å². The van der Waals surface area contributed by atoms with Gasteiger partial charge in [0.15, 0.2) is 0 Å². The van der Waals surface area contributed by atoms with Gasteiger partial charge < -0.3 is 14.6 Å². The molecule has 0 spiro atoms. The molecule has 0 fully saturated rings. The van der Waals surface area contributed by atoms with Gasteiger partial charge in [-0.1, -0.05) is 12.8 Å². The first-order valence-electron chi connectivity index (χ1n) is 9.96. The molecule has 1 aliphatic heterocycles. The van der Waals surface area contributed by atoms with Crippen LogP contribution in [0.4, 0.5) is 0 Å². The number of H-pyrrole nitrogens is 1. The molecule has 1 aliphatic rings. The summed E-state index contributed by atoms with van der Waals surface area (Å²) in [6.07, 6.45) is 5.02. The normalized spacial score (nSPS) is 16.1. The van der Waals surface area contributed by atoms with Gasteiger partial charge in [0.1, 0.15) is 5.75 Å². The van der Waals surface area contributed by atoms with Crippen molar-refractivity contribution in [2.45, 2.75) is 57.9 Å². The van der Waals surface area contributed by atoms with Crippen molar-refractivity contribution < 1.29 is 19.5 Å². The Morgan fingerprint density at radius 1 is 1.25 bits per heavy atom. The van der Waals surface area contributed by atoms with Gasteiger partial charge in [-0.05, 0) is 49.9 Å². The summed E-state index contributed by atoms with van der Waals surface area (Å²) < 4.78 is 5.35. The first kappa shape index (κ1) is 20.2. The number of benzene rings is 1. The standard InChI is InChI=1S/C21H29N3O4/c1-14-21-16(17-13-15(28-2)9-10-18(17)22-21)11-12-24(14)20(26)8-6-4-3-5-7-19(25)23-27/h9-10,13-14,22,27H,3-8,11-12H2,1-2H3,(H,23,25)/t14-/m0/s1. The van der Waals surface area contributed by atoms with Gasteiger partial charge in [0.2, 0.25) is 11.8 Å². The fourth-order valence-electron chi connectivity index (χ4n) is 4.04. The van der Waals surface area contributed by atoms with Crippen LogP contribution in [0.5, 0.6) is 5.75 Å². The minimum atomic E-state index is -0.357. The number of rotatable bonds is 8. The first-order valence-corrected chi connectivity index (χ1v) is 9.96. The Hall–Kier alpha value is -2.54. The van der Waals surface area contributed by atoms with E-state index < -0.39 is 0 Å². The number of hydrogen-bond acceptors (Lipinski definition) is 4. The van der Waals surface area contributed by atoms with Gasteiger partial charge >= 0.3 is 0 Å². The zero-order valence-electron chi connectivity index (χ0n) is 16.6. The van der Waals surface area contributed by atoms with Gasteiger partial charge in [0, 0.05) is 36.0 Å². The second kappa shape index (κ2) is 9.10. The lowest BCUT2D eigenvalue weighted by Gasteiger charge is -2.33. The maximum atomic E-state index is 12.7. The van der Waals surface area contributed by atoms with Gasteiger partial charge in [-0.3, -0.25) is 14.8 Å². The Bertz CT molecular complexity index is 846. The highest BCUT2D eigenvalue weighted by atomic mass is 16.5. The lowest BCUT2D eigenvalue weighted by Crippen LogP contribution is -2.38. The summed E-state index contributed by atoms with van der Waals surface area (Å²) in [5.74, 6) is 0.671. The molecule has 2 heterocycles. The van der Waals surface area contributed by atoms with Crippen molar-refractivity contribution in [1.29, 1.82) is 0 Å². The lowest BCUT2D eigenvalue weighted by atomic mass is 9.97. The maximum Gasteiger partial charge on any atom is 0.243 e. The molecule has 0 bridgehead atoms. The van der Waals surface area contributed by atoms with Gasteiger partial charge in [0.25, 0.3) is 0 Å². The Morgan fingerprint density at radius 3 is 2.71 bits per heavy atom. The highest BCUT2D eigenvalue weighted by Crippen LogP contribution is 2.36. The maximum absolute atomic E-state index is 12.7. The highest BCUT2D eigenvalue weighted by Gasteiger charge is 2.30. The SMILES string of the molecule is COc1ccc2[nH]c3c(c2c1)CCN(C(=O)CCCCCCC(=O)NO)[C@H]3C. The van der Waals surface area contributed by atoms with Crippen LogP contribution in [0.25, 0.3) is 10.9 Å². The van der Waals surface area contributed by atoms with Crippen LogP contribution in [0.1, 0.15) is 62.7 Å². The number of unbranched alkanes of at least 4 members (excludes halogenated alkanes) is 3. The number of carbonyl (C=O) groups is 2. The second-order valence-electron chi connectivity index (χ2n) is 7.39. The molecule has 1 aromatic carbocycles. The van der Waals surface area contributed by atoms with Crippen molar-refractivity contribution in [1.82, 2.24) is 15.4 Å². The lowest BCUT2D eigenvalue weighted by molar-refractivity contribution is -0.134. The Labute approximate surface area is 165 Å². The fraction of sp³-hybridized carbons (Fsp3) is 0.524. The highest BCUT2D eigenvalue weighted by molar-refractivity contribution is 5.87. The molecule has 1 atom stereocenters. The quantitative estimate of drug-likeness (QED) is 0.367. The largest absolute Gasteiger partial charge is 0.497 e. The molecular weight excluding hydrogens is 358 g/mol. The molecule has 7 nitrogen and oxygen atoms in total. The minimum Gasteiger partial charge on any atom is -0.497 e. The number of hydrogen-bond donors (Lipinski definition) is 3. The zero-order valence-corrected chi connectivity index (χ0v) is 16.6. The molecular formula is C21H29N3O4. The summed E-state index contributed by atoms with van der Waals surface area (Å²) in [4.78, 5) is 29.1. The van der Waals surface area contributed by atoms with E-state index in [1.807, 2.05) is 17.0 Å². The van der Waals surface area contributed by atoms with Gasteiger partial charge in [-0.25, -0.2) is 5.48 Å². The van der Waals surface area contributed by atoms with E-state index in [-0.39, 0.29) is 17.9 Å². The molecule has 0 saturated carbocycles. The monoisotopic (exact) mass is 387 g/mol. The molecule has 0 saturated heterocycles. The van der Waals surface area contributed by atoms with Crippen molar-refractivity contribution in [3.05, 3.63) is 29.5 Å². The van der Waals surface area contributed by atoms with E-state index >= 15 is 0 Å². The molecule has 2 amide bonds. The third-order valence-electron chi connectivity index (χ3n) is 5.62. The van der Waals surface area contributed by atoms with Crippen molar-refractivity contribution in [3.63, 3.8) is 0 Å². The number of methoxy groups -OCH3 is 1. The Balaban J connectivity index is 1.55. The van der Waals surface area contributed by atoms with Crippen molar-refractivity contribution >= 4 is 22.7 Å². The van der Waals surface area contributed by atoms with Crippen LogP contribution in [0.3, 0.4) is 0 Å². The Kier molecular flexibility index (Phi) is 6.57. The van der Waals surface area contributed by atoms with Crippen LogP contribution >= 0.6 is 0 Å². The predicted octanol–water partition coefficient (Wildman–Crippen LogP) is 3.47. The van der Waals surface area contributed by atoms with E-state index in [1.54, 1.807) is 12.6 Å². The molecule has 3 N–H and O–H groups in total. The first-order chi connectivity index (χ1) is 13.5. The molecule has 28 heavy (non-hydrogen) atoms. The van der Waals surface area contributed by atoms with E-state index in [0.717, 1.165) is 55.6 Å². The summed E-state index contributed by atoms with van der Waals surface area (Å²) in [6.45, 7) is 2.81. The zero-order chi connectivity index (χ0) is 20.1. The molecule has 1 aromatic heterocycles. The number of nitrogens with one attached hydrogen (secondary N) is 2. The summed E-state index contributed by atoms with van der Waals surface area (Å²) >= 11 is 0. The third kappa shape index (κ3) is 4.30. The molecule has 152 valence electrons. The van der Waals surface area contributed by atoms with E-state index in [9.17, 15) is 9.59 Å². The fourth-order valence-corrected chi connectivity index (χ4v) is 4.04.